The molecule has 1 unspecified atom stereocenters. The first-order chi connectivity index (χ1) is 5.98. The minimum absolute atomic E-state index is 0.231. The van der Waals surface area contributed by atoms with Crippen LogP contribution in [0, 0.1) is 0 Å². The molecule has 13 heavy (non-hydrogen) atoms. The van der Waals surface area contributed by atoms with Crippen molar-refractivity contribution in [3.8, 4) is 0 Å². The molecule has 0 saturated carbocycles. The van der Waals surface area contributed by atoms with Crippen LogP contribution >= 0.6 is 0 Å². The van der Waals surface area contributed by atoms with Crippen LogP contribution in [0.25, 0.3) is 0 Å². The fourth-order valence-electron chi connectivity index (χ4n) is 1.70. The Hall–Kier alpha value is -0.570. The zero-order valence-corrected chi connectivity index (χ0v) is 9.18. The second kappa shape index (κ2) is 5.22. The number of hydrogen-bond acceptors (Lipinski definition) is 2. The molecule has 78 valence electrons. The molecule has 0 heterocycles. The van der Waals surface area contributed by atoms with E-state index in [9.17, 15) is 4.79 Å². The lowest BCUT2D eigenvalue weighted by molar-refractivity contribution is -0.125. The highest BCUT2D eigenvalue weighted by atomic mass is 16.1. The molecule has 0 aromatic carbocycles. The fraction of sp³-hybridized carbons (Fsp3) is 0.900. The number of amides is 1. The average molecular weight is 186 g/mol. The van der Waals surface area contributed by atoms with Gasteiger partial charge in [-0.25, -0.2) is 0 Å². The molecule has 3 heteroatoms. The Kier molecular flexibility index (Phi) is 4.99. The molecule has 0 aliphatic rings. The monoisotopic (exact) mass is 186 g/mol. The van der Waals surface area contributed by atoms with Gasteiger partial charge in [0.2, 0.25) is 5.91 Å². The van der Waals surface area contributed by atoms with Gasteiger partial charge in [0, 0.05) is 6.04 Å². The van der Waals surface area contributed by atoms with E-state index in [0.717, 1.165) is 19.3 Å². The molecule has 0 fully saturated rings. The van der Waals surface area contributed by atoms with Gasteiger partial charge in [-0.1, -0.05) is 20.3 Å². The second-order valence-corrected chi connectivity index (χ2v) is 3.85. The maximum Gasteiger partial charge on any atom is 0.237 e. The number of carbonyl (C=O) groups is 1. The van der Waals surface area contributed by atoms with E-state index >= 15 is 0 Å². The van der Waals surface area contributed by atoms with Crippen LogP contribution in [-0.4, -0.2) is 17.5 Å². The second-order valence-electron chi connectivity index (χ2n) is 3.85. The van der Waals surface area contributed by atoms with Crippen LogP contribution in [0.5, 0.6) is 0 Å². The van der Waals surface area contributed by atoms with E-state index < -0.39 is 5.54 Å². The van der Waals surface area contributed by atoms with Gasteiger partial charge in [0.05, 0.1) is 5.54 Å². The summed E-state index contributed by atoms with van der Waals surface area (Å²) < 4.78 is 0. The lowest BCUT2D eigenvalue weighted by Gasteiger charge is -2.32. The van der Waals surface area contributed by atoms with Gasteiger partial charge in [-0.05, 0) is 26.7 Å². The summed E-state index contributed by atoms with van der Waals surface area (Å²) in [6.45, 7) is 8.12. The molecule has 0 aliphatic heterocycles. The van der Waals surface area contributed by atoms with Crippen LogP contribution in [0.3, 0.4) is 0 Å². The Balaban J connectivity index is 4.54. The molecule has 0 radical (unpaired) electrons. The molecule has 0 rings (SSSR count). The minimum Gasteiger partial charge on any atom is -0.368 e. The highest BCUT2D eigenvalue weighted by Crippen LogP contribution is 2.17. The zero-order valence-electron chi connectivity index (χ0n) is 9.18. The van der Waals surface area contributed by atoms with Crippen molar-refractivity contribution in [1.29, 1.82) is 0 Å². The molecule has 1 amide bonds. The van der Waals surface area contributed by atoms with Gasteiger partial charge in [0.25, 0.3) is 0 Å². The number of carbonyl (C=O) groups excluding carboxylic acids is 1. The summed E-state index contributed by atoms with van der Waals surface area (Å²) in [6, 6.07) is 0.291. The minimum atomic E-state index is -0.497. The smallest absolute Gasteiger partial charge is 0.237 e. The lowest BCUT2D eigenvalue weighted by Crippen LogP contribution is -2.57. The first kappa shape index (κ1) is 12.4. The predicted octanol–water partition coefficient (Wildman–Crippen LogP) is 1.42. The Labute approximate surface area is 81.1 Å². The Bertz CT molecular complexity index is 168. The molecule has 0 aromatic rings. The summed E-state index contributed by atoms with van der Waals surface area (Å²) in [5.74, 6) is -0.231. The van der Waals surface area contributed by atoms with Gasteiger partial charge in [-0.15, -0.1) is 0 Å². The number of hydrogen-bond donors (Lipinski definition) is 2. The Morgan fingerprint density at radius 3 is 2.23 bits per heavy atom. The van der Waals surface area contributed by atoms with Gasteiger partial charge >= 0.3 is 0 Å². The third-order valence-corrected chi connectivity index (χ3v) is 2.32. The summed E-state index contributed by atoms with van der Waals surface area (Å²) in [5, 5.41) is 3.27. The van der Waals surface area contributed by atoms with Crippen molar-refractivity contribution >= 4 is 5.91 Å². The molecule has 3 N–H and O–H groups in total. The number of nitrogens with two attached hydrogens (primary N) is 1. The molecular weight excluding hydrogens is 164 g/mol. The first-order valence-electron chi connectivity index (χ1n) is 5.06. The summed E-state index contributed by atoms with van der Waals surface area (Å²) in [5.41, 5.74) is 4.92. The summed E-state index contributed by atoms with van der Waals surface area (Å²) in [6.07, 6.45) is 2.54. The fourth-order valence-corrected chi connectivity index (χ4v) is 1.70. The maximum atomic E-state index is 11.3. The van der Waals surface area contributed by atoms with E-state index in [4.69, 9.17) is 5.73 Å². The molecule has 3 nitrogen and oxygen atoms in total. The van der Waals surface area contributed by atoms with Crippen LogP contribution in [0.4, 0.5) is 0 Å². The summed E-state index contributed by atoms with van der Waals surface area (Å²) >= 11 is 0. The molecule has 0 saturated heterocycles. The lowest BCUT2D eigenvalue weighted by atomic mass is 9.89. The van der Waals surface area contributed by atoms with Crippen molar-refractivity contribution in [2.45, 2.75) is 58.5 Å². The van der Waals surface area contributed by atoms with Gasteiger partial charge in [-0.3, -0.25) is 4.79 Å². The van der Waals surface area contributed by atoms with Crippen LogP contribution in [0.1, 0.15) is 47.0 Å². The topological polar surface area (TPSA) is 55.1 Å². The van der Waals surface area contributed by atoms with Crippen molar-refractivity contribution in [2.75, 3.05) is 0 Å². The van der Waals surface area contributed by atoms with Crippen LogP contribution < -0.4 is 11.1 Å². The van der Waals surface area contributed by atoms with E-state index in [1.54, 1.807) is 0 Å². The van der Waals surface area contributed by atoms with Crippen LogP contribution in [0.15, 0.2) is 0 Å². The van der Waals surface area contributed by atoms with Gasteiger partial charge < -0.3 is 11.1 Å². The van der Waals surface area contributed by atoms with Crippen molar-refractivity contribution in [2.24, 2.45) is 5.73 Å². The van der Waals surface area contributed by atoms with Crippen LogP contribution in [0.2, 0.25) is 0 Å². The Morgan fingerprint density at radius 1 is 1.46 bits per heavy atom. The van der Waals surface area contributed by atoms with Crippen molar-refractivity contribution in [1.82, 2.24) is 5.32 Å². The highest BCUT2D eigenvalue weighted by molar-refractivity contribution is 5.84. The molecule has 0 aliphatic carbocycles. The number of primary amides is 1. The average Bonchev–Trinajstić information content (AvgIpc) is 2.02. The standard InChI is InChI=1S/C10H22N2O/c1-5-7-10(6-2,9(11)13)12-8(3)4/h8,12H,5-7H2,1-4H3,(H2,11,13). The van der Waals surface area contributed by atoms with Gasteiger partial charge in [0.1, 0.15) is 0 Å². The third kappa shape index (κ3) is 3.35. The van der Waals surface area contributed by atoms with E-state index in [-0.39, 0.29) is 5.91 Å². The van der Waals surface area contributed by atoms with Crippen molar-refractivity contribution in [3.05, 3.63) is 0 Å². The van der Waals surface area contributed by atoms with E-state index in [1.165, 1.54) is 0 Å². The van der Waals surface area contributed by atoms with E-state index in [0.29, 0.717) is 6.04 Å². The summed E-state index contributed by atoms with van der Waals surface area (Å²) in [7, 11) is 0. The van der Waals surface area contributed by atoms with Crippen molar-refractivity contribution < 1.29 is 4.79 Å². The quantitative estimate of drug-likeness (QED) is 0.659. The van der Waals surface area contributed by atoms with Gasteiger partial charge in [0.15, 0.2) is 0 Å². The number of rotatable bonds is 6. The normalized spacial score (nSPS) is 15.8. The number of nitrogens with one attached hydrogen (secondary N) is 1. The maximum absolute atomic E-state index is 11.3. The third-order valence-electron chi connectivity index (χ3n) is 2.32. The zero-order chi connectivity index (χ0) is 10.5. The molecule has 0 aromatic heterocycles. The predicted molar refractivity (Wildman–Crippen MR) is 55.4 cm³/mol. The Morgan fingerprint density at radius 2 is 2.00 bits per heavy atom. The molecule has 0 bridgehead atoms. The summed E-state index contributed by atoms with van der Waals surface area (Å²) in [4.78, 5) is 11.3. The molecule has 1 atom stereocenters. The van der Waals surface area contributed by atoms with E-state index in [1.807, 2.05) is 20.8 Å². The van der Waals surface area contributed by atoms with Crippen molar-refractivity contribution in [3.63, 3.8) is 0 Å². The van der Waals surface area contributed by atoms with E-state index in [2.05, 4.69) is 12.2 Å². The van der Waals surface area contributed by atoms with Gasteiger partial charge in [-0.2, -0.15) is 0 Å². The van der Waals surface area contributed by atoms with Crippen LogP contribution in [-0.2, 0) is 4.79 Å². The SMILES string of the molecule is CCCC(CC)(NC(C)C)C(N)=O. The highest BCUT2D eigenvalue weighted by Gasteiger charge is 2.33. The first-order valence-corrected chi connectivity index (χ1v) is 5.06. The molecular formula is C10H22N2O. The molecule has 0 spiro atoms. The largest absolute Gasteiger partial charge is 0.368 e.